The molecule has 96 valence electrons. The Hall–Kier alpha value is -1.62. The second kappa shape index (κ2) is 6.35. The number of hydrogen-bond acceptors (Lipinski definition) is 4. The summed E-state index contributed by atoms with van der Waals surface area (Å²) in [6, 6.07) is 3.84. The van der Waals surface area contributed by atoms with Gasteiger partial charge in [-0.15, -0.1) is 16.7 Å². The molecule has 0 fully saturated rings. The molecule has 0 radical (unpaired) electrons. The van der Waals surface area contributed by atoms with Crippen LogP contribution in [0.1, 0.15) is 17.7 Å². The molecule has 6 heteroatoms. The summed E-state index contributed by atoms with van der Waals surface area (Å²) in [5.74, 6) is 1.26. The molecule has 0 spiro atoms. The number of nitrogens with zero attached hydrogens (tertiary/aromatic N) is 4. The van der Waals surface area contributed by atoms with Gasteiger partial charge < -0.3 is 4.74 Å². The number of methoxy groups -OCH3 is 1. The van der Waals surface area contributed by atoms with Crippen molar-refractivity contribution in [3.05, 3.63) is 35.8 Å². The zero-order valence-corrected chi connectivity index (χ0v) is 11.0. The molecule has 0 aliphatic carbocycles. The number of halogens is 1. The van der Waals surface area contributed by atoms with E-state index in [0.717, 1.165) is 24.1 Å². The van der Waals surface area contributed by atoms with Gasteiger partial charge in [0.15, 0.2) is 0 Å². The summed E-state index contributed by atoms with van der Waals surface area (Å²) in [6.45, 7) is 0.602. The van der Waals surface area contributed by atoms with E-state index in [0.29, 0.717) is 18.3 Å². The number of pyridine rings is 1. The molecule has 0 atom stereocenters. The van der Waals surface area contributed by atoms with Crippen LogP contribution in [-0.2, 0) is 13.0 Å². The number of alkyl halides is 1. The second-order valence-electron chi connectivity index (χ2n) is 3.87. The SMILES string of the molecule is COc1ncccc1Cn1cc(CCCCl)nn1. The quantitative estimate of drug-likeness (QED) is 0.750. The molecule has 18 heavy (non-hydrogen) atoms. The van der Waals surface area contributed by atoms with Gasteiger partial charge in [-0.3, -0.25) is 0 Å². The van der Waals surface area contributed by atoms with E-state index in [1.807, 2.05) is 18.3 Å². The first-order valence-electron chi connectivity index (χ1n) is 5.76. The molecule has 2 heterocycles. The Bertz CT molecular complexity index is 500. The van der Waals surface area contributed by atoms with Crippen LogP contribution in [0.3, 0.4) is 0 Å². The highest BCUT2D eigenvalue weighted by Crippen LogP contribution is 2.14. The van der Waals surface area contributed by atoms with Crippen LogP contribution < -0.4 is 4.74 Å². The highest BCUT2D eigenvalue weighted by molar-refractivity contribution is 6.17. The van der Waals surface area contributed by atoms with Crippen LogP contribution in [0.4, 0.5) is 0 Å². The average Bonchev–Trinajstić information content (AvgIpc) is 2.84. The highest BCUT2D eigenvalue weighted by Gasteiger charge is 2.06. The van der Waals surface area contributed by atoms with Gasteiger partial charge in [-0.2, -0.15) is 0 Å². The summed E-state index contributed by atoms with van der Waals surface area (Å²) in [7, 11) is 1.61. The van der Waals surface area contributed by atoms with Gasteiger partial charge in [0.1, 0.15) is 0 Å². The van der Waals surface area contributed by atoms with Crippen molar-refractivity contribution >= 4 is 11.6 Å². The van der Waals surface area contributed by atoms with Crippen LogP contribution in [0, 0.1) is 0 Å². The zero-order chi connectivity index (χ0) is 12.8. The van der Waals surface area contributed by atoms with Crippen LogP contribution in [0.2, 0.25) is 0 Å². The van der Waals surface area contributed by atoms with Gasteiger partial charge in [-0.1, -0.05) is 11.3 Å². The van der Waals surface area contributed by atoms with Gasteiger partial charge in [-0.25, -0.2) is 9.67 Å². The first-order valence-corrected chi connectivity index (χ1v) is 6.30. The van der Waals surface area contributed by atoms with Gasteiger partial charge in [0.2, 0.25) is 5.88 Å². The molecule has 2 aromatic rings. The summed E-state index contributed by atoms with van der Waals surface area (Å²) in [4.78, 5) is 4.15. The molecular weight excluding hydrogens is 252 g/mol. The zero-order valence-electron chi connectivity index (χ0n) is 10.2. The summed E-state index contributed by atoms with van der Waals surface area (Å²) in [5, 5.41) is 8.18. The monoisotopic (exact) mass is 266 g/mol. The van der Waals surface area contributed by atoms with E-state index in [-0.39, 0.29) is 0 Å². The van der Waals surface area contributed by atoms with E-state index in [2.05, 4.69) is 15.3 Å². The lowest BCUT2D eigenvalue weighted by atomic mass is 10.2. The molecule has 2 aromatic heterocycles. The Labute approximate surface area is 111 Å². The minimum atomic E-state index is 0.602. The van der Waals surface area contributed by atoms with Gasteiger partial charge >= 0.3 is 0 Å². The van der Waals surface area contributed by atoms with Crippen molar-refractivity contribution < 1.29 is 4.74 Å². The normalized spacial score (nSPS) is 10.6. The van der Waals surface area contributed by atoms with Crippen molar-refractivity contribution in [1.29, 1.82) is 0 Å². The number of aromatic nitrogens is 4. The highest BCUT2D eigenvalue weighted by atomic mass is 35.5. The summed E-state index contributed by atoms with van der Waals surface area (Å²) < 4.78 is 6.98. The van der Waals surface area contributed by atoms with Gasteiger partial charge in [-0.05, 0) is 18.9 Å². The van der Waals surface area contributed by atoms with Crippen molar-refractivity contribution in [2.45, 2.75) is 19.4 Å². The van der Waals surface area contributed by atoms with E-state index in [1.165, 1.54) is 0 Å². The minimum absolute atomic E-state index is 0.602. The van der Waals surface area contributed by atoms with E-state index < -0.39 is 0 Å². The Morgan fingerprint density at radius 2 is 2.33 bits per heavy atom. The van der Waals surface area contributed by atoms with Crippen molar-refractivity contribution in [3.63, 3.8) is 0 Å². The van der Waals surface area contributed by atoms with Crippen molar-refractivity contribution in [3.8, 4) is 5.88 Å². The van der Waals surface area contributed by atoms with Gasteiger partial charge in [0, 0.05) is 23.8 Å². The Balaban J connectivity index is 2.06. The standard InChI is InChI=1S/C12H15ClN4O/c1-18-12-10(4-3-7-14-12)8-17-9-11(15-16-17)5-2-6-13/h3-4,7,9H,2,5-6,8H2,1H3. The van der Waals surface area contributed by atoms with E-state index in [1.54, 1.807) is 18.0 Å². The number of ether oxygens (including phenoxy) is 1. The van der Waals surface area contributed by atoms with E-state index >= 15 is 0 Å². The number of rotatable bonds is 6. The fourth-order valence-electron chi connectivity index (χ4n) is 1.68. The smallest absolute Gasteiger partial charge is 0.218 e. The maximum atomic E-state index is 5.65. The van der Waals surface area contributed by atoms with Crippen LogP contribution in [-0.4, -0.2) is 33.0 Å². The fourth-order valence-corrected chi connectivity index (χ4v) is 1.81. The molecule has 5 nitrogen and oxygen atoms in total. The van der Waals surface area contributed by atoms with Crippen LogP contribution in [0.25, 0.3) is 0 Å². The topological polar surface area (TPSA) is 52.8 Å². The third-order valence-corrected chi connectivity index (χ3v) is 2.80. The summed E-state index contributed by atoms with van der Waals surface area (Å²) >= 11 is 5.65. The van der Waals surface area contributed by atoms with Crippen LogP contribution in [0.5, 0.6) is 5.88 Å². The molecule has 0 aliphatic heterocycles. The molecule has 0 N–H and O–H groups in total. The molecule has 0 bridgehead atoms. The molecule has 0 amide bonds. The molecule has 2 rings (SSSR count). The maximum Gasteiger partial charge on any atom is 0.218 e. The van der Waals surface area contributed by atoms with Crippen molar-refractivity contribution in [1.82, 2.24) is 20.0 Å². The molecule has 0 unspecified atom stereocenters. The molecular formula is C12H15ClN4O. The lowest BCUT2D eigenvalue weighted by molar-refractivity contribution is 0.390. The fraction of sp³-hybridized carbons (Fsp3) is 0.417. The minimum Gasteiger partial charge on any atom is -0.481 e. The average molecular weight is 267 g/mol. The lowest BCUT2D eigenvalue weighted by Gasteiger charge is -2.05. The van der Waals surface area contributed by atoms with Crippen molar-refractivity contribution in [2.24, 2.45) is 0 Å². The Morgan fingerprint density at radius 1 is 1.44 bits per heavy atom. The van der Waals surface area contributed by atoms with Crippen molar-refractivity contribution in [2.75, 3.05) is 13.0 Å². The predicted octanol–water partition coefficient (Wildman–Crippen LogP) is 1.90. The third-order valence-electron chi connectivity index (χ3n) is 2.53. The van der Waals surface area contributed by atoms with E-state index in [9.17, 15) is 0 Å². The first kappa shape index (κ1) is 12.8. The largest absolute Gasteiger partial charge is 0.481 e. The van der Waals surface area contributed by atoms with Gasteiger partial charge in [0.25, 0.3) is 0 Å². The second-order valence-corrected chi connectivity index (χ2v) is 4.25. The van der Waals surface area contributed by atoms with Crippen LogP contribution in [0.15, 0.2) is 24.5 Å². The third kappa shape index (κ3) is 3.20. The number of aryl methyl sites for hydroxylation is 1. The predicted molar refractivity (Wildman–Crippen MR) is 69.0 cm³/mol. The number of hydrogen-bond donors (Lipinski definition) is 0. The first-order chi connectivity index (χ1) is 8.83. The lowest BCUT2D eigenvalue weighted by Crippen LogP contribution is -2.03. The molecule has 0 aromatic carbocycles. The Kier molecular flexibility index (Phi) is 4.52. The molecule has 0 saturated heterocycles. The summed E-state index contributed by atoms with van der Waals surface area (Å²) in [5.41, 5.74) is 1.94. The molecule has 0 aliphatic rings. The van der Waals surface area contributed by atoms with Crippen LogP contribution >= 0.6 is 11.6 Å². The van der Waals surface area contributed by atoms with E-state index in [4.69, 9.17) is 16.3 Å². The van der Waals surface area contributed by atoms with Gasteiger partial charge in [0.05, 0.1) is 19.3 Å². The Morgan fingerprint density at radius 3 is 3.11 bits per heavy atom. The molecule has 0 saturated carbocycles. The summed E-state index contributed by atoms with van der Waals surface area (Å²) in [6.07, 6.45) is 5.40. The maximum absolute atomic E-state index is 5.65.